The molecule has 1 aromatic rings. The third kappa shape index (κ3) is 4.25. The average molecular weight is 363 g/mol. The predicted molar refractivity (Wildman–Crippen MR) is 82.3 cm³/mol. The molecule has 0 aliphatic carbocycles. The predicted octanol–water partition coefficient (Wildman–Crippen LogP) is 2.95. The number of ether oxygens (including phenoxy) is 1. The van der Waals surface area contributed by atoms with E-state index in [1.165, 1.54) is 23.1 Å². The van der Waals surface area contributed by atoms with Crippen LogP contribution in [0.25, 0.3) is 0 Å². The summed E-state index contributed by atoms with van der Waals surface area (Å²) < 4.78 is 29.2. The van der Waals surface area contributed by atoms with Crippen molar-refractivity contribution in [2.24, 2.45) is 5.41 Å². The van der Waals surface area contributed by atoms with Crippen LogP contribution in [0, 0.1) is 5.41 Å². The number of carboxylic acids is 1. The Balaban J connectivity index is 2.00. The Morgan fingerprint density at radius 1 is 1.50 bits per heavy atom. The van der Waals surface area contributed by atoms with Crippen LogP contribution in [-0.2, 0) is 11.3 Å². The second kappa shape index (κ2) is 7.21. The van der Waals surface area contributed by atoms with Crippen LogP contribution in [-0.4, -0.2) is 41.7 Å². The second-order valence-corrected chi connectivity index (χ2v) is 6.26. The molecule has 0 aromatic heterocycles. The van der Waals surface area contributed by atoms with E-state index in [4.69, 9.17) is 11.6 Å². The fraction of sp³-hybridized carbons (Fsp3) is 0.467. The van der Waals surface area contributed by atoms with Gasteiger partial charge in [-0.15, -0.1) is 0 Å². The summed E-state index contributed by atoms with van der Waals surface area (Å²) in [5.74, 6) is -1.04. The molecule has 1 fully saturated rings. The zero-order valence-corrected chi connectivity index (χ0v) is 13.6. The van der Waals surface area contributed by atoms with Gasteiger partial charge < -0.3 is 20.1 Å². The number of alkyl halides is 2. The summed E-state index contributed by atoms with van der Waals surface area (Å²) in [5, 5.41) is 12.1. The maximum Gasteiger partial charge on any atom is 0.387 e. The van der Waals surface area contributed by atoms with E-state index >= 15 is 0 Å². The summed E-state index contributed by atoms with van der Waals surface area (Å²) in [7, 11) is 0. The molecule has 132 valence electrons. The highest BCUT2D eigenvalue weighted by Gasteiger charge is 2.42. The van der Waals surface area contributed by atoms with Crippen LogP contribution in [0.4, 0.5) is 13.6 Å². The number of nitrogens with zero attached hydrogens (tertiary/aromatic N) is 1. The highest BCUT2D eigenvalue weighted by atomic mass is 35.5. The van der Waals surface area contributed by atoms with Crippen molar-refractivity contribution in [3.05, 3.63) is 28.8 Å². The number of halogens is 3. The Labute approximate surface area is 142 Å². The fourth-order valence-corrected chi connectivity index (χ4v) is 2.68. The quantitative estimate of drug-likeness (QED) is 0.844. The first kappa shape index (κ1) is 18.3. The van der Waals surface area contributed by atoms with Crippen molar-refractivity contribution in [3.8, 4) is 5.75 Å². The summed E-state index contributed by atoms with van der Waals surface area (Å²) in [4.78, 5) is 24.7. The van der Waals surface area contributed by atoms with E-state index < -0.39 is 24.0 Å². The van der Waals surface area contributed by atoms with Gasteiger partial charge in [0.25, 0.3) is 0 Å². The zero-order chi connectivity index (χ0) is 17.9. The van der Waals surface area contributed by atoms with Crippen LogP contribution in [0.15, 0.2) is 18.2 Å². The van der Waals surface area contributed by atoms with Gasteiger partial charge in [-0.2, -0.15) is 8.78 Å². The van der Waals surface area contributed by atoms with Gasteiger partial charge in [-0.25, -0.2) is 4.79 Å². The normalized spacial score (nSPS) is 20.3. The number of amides is 2. The number of hydrogen-bond donors (Lipinski definition) is 2. The monoisotopic (exact) mass is 362 g/mol. The number of nitrogens with one attached hydrogen (secondary N) is 1. The van der Waals surface area contributed by atoms with Crippen LogP contribution in [0.3, 0.4) is 0 Å². The lowest BCUT2D eigenvalue weighted by Crippen LogP contribution is -2.40. The second-order valence-electron chi connectivity index (χ2n) is 5.83. The molecule has 0 bridgehead atoms. The summed E-state index contributed by atoms with van der Waals surface area (Å²) in [5.41, 5.74) is -0.673. The molecular formula is C15H17ClF2N2O4. The van der Waals surface area contributed by atoms with Gasteiger partial charge in [0.15, 0.2) is 0 Å². The molecule has 2 amide bonds. The van der Waals surface area contributed by atoms with Crippen molar-refractivity contribution in [1.29, 1.82) is 0 Å². The van der Waals surface area contributed by atoms with Crippen molar-refractivity contribution in [2.45, 2.75) is 26.5 Å². The van der Waals surface area contributed by atoms with E-state index in [1.54, 1.807) is 6.92 Å². The Morgan fingerprint density at radius 3 is 2.79 bits per heavy atom. The van der Waals surface area contributed by atoms with E-state index in [0.717, 1.165) is 0 Å². The molecule has 0 spiro atoms. The van der Waals surface area contributed by atoms with E-state index in [-0.39, 0.29) is 18.8 Å². The maximum atomic E-state index is 12.4. The minimum atomic E-state index is -2.99. The number of carbonyl (C=O) groups is 2. The van der Waals surface area contributed by atoms with Crippen LogP contribution >= 0.6 is 11.6 Å². The summed E-state index contributed by atoms with van der Waals surface area (Å²) >= 11 is 5.84. The van der Waals surface area contributed by atoms with Gasteiger partial charge in [-0.05, 0) is 31.5 Å². The number of urea groups is 1. The molecule has 1 heterocycles. The maximum absolute atomic E-state index is 12.4. The van der Waals surface area contributed by atoms with Gasteiger partial charge in [-0.3, -0.25) is 4.79 Å². The van der Waals surface area contributed by atoms with E-state index in [0.29, 0.717) is 23.6 Å². The fourth-order valence-electron chi connectivity index (χ4n) is 2.49. The van der Waals surface area contributed by atoms with Crippen molar-refractivity contribution in [1.82, 2.24) is 10.2 Å². The zero-order valence-electron chi connectivity index (χ0n) is 12.9. The Bertz CT molecular complexity index is 644. The smallest absolute Gasteiger partial charge is 0.387 e. The van der Waals surface area contributed by atoms with Crippen LogP contribution in [0.1, 0.15) is 18.9 Å². The summed E-state index contributed by atoms with van der Waals surface area (Å²) in [6, 6.07) is 3.66. The molecule has 1 aromatic carbocycles. The largest absolute Gasteiger partial charge is 0.481 e. The minimum absolute atomic E-state index is 0.0677. The lowest BCUT2D eigenvalue weighted by Gasteiger charge is -2.21. The Morgan fingerprint density at radius 2 is 2.21 bits per heavy atom. The van der Waals surface area contributed by atoms with Crippen molar-refractivity contribution in [3.63, 3.8) is 0 Å². The van der Waals surface area contributed by atoms with Crippen LogP contribution in [0.2, 0.25) is 5.02 Å². The standard InChI is InChI=1S/C15H17ClF2N2O4/c1-15(12(21)22)4-5-20(8-15)14(23)19-7-9-6-10(16)2-3-11(9)24-13(17)18/h2-3,6,13H,4-5,7-8H2,1H3,(H,19,23)(H,21,22). The summed E-state index contributed by atoms with van der Waals surface area (Å²) in [6.45, 7) is -1.08. The lowest BCUT2D eigenvalue weighted by molar-refractivity contribution is -0.147. The average Bonchev–Trinajstić information content (AvgIpc) is 2.91. The van der Waals surface area contributed by atoms with Crippen molar-refractivity contribution >= 4 is 23.6 Å². The SMILES string of the molecule is CC1(C(=O)O)CCN(C(=O)NCc2cc(Cl)ccc2OC(F)F)C1. The number of carboxylic acid groups (broad SMARTS) is 1. The third-order valence-electron chi connectivity index (χ3n) is 3.95. The molecule has 1 unspecified atom stereocenters. The molecule has 6 nitrogen and oxygen atoms in total. The Hall–Kier alpha value is -2.09. The number of rotatable bonds is 5. The van der Waals surface area contributed by atoms with Crippen molar-refractivity contribution in [2.75, 3.05) is 13.1 Å². The molecular weight excluding hydrogens is 346 g/mol. The number of likely N-dealkylation sites (tertiary alicyclic amines) is 1. The lowest BCUT2D eigenvalue weighted by atomic mass is 9.90. The topological polar surface area (TPSA) is 78.9 Å². The van der Waals surface area contributed by atoms with Crippen molar-refractivity contribution < 1.29 is 28.2 Å². The number of aliphatic carboxylic acids is 1. The first-order valence-corrected chi connectivity index (χ1v) is 7.58. The van der Waals surface area contributed by atoms with Crippen LogP contribution < -0.4 is 10.1 Å². The van der Waals surface area contributed by atoms with E-state index in [2.05, 4.69) is 10.1 Å². The highest BCUT2D eigenvalue weighted by Crippen LogP contribution is 2.30. The molecule has 9 heteroatoms. The van der Waals surface area contributed by atoms with Gasteiger partial charge in [0, 0.05) is 30.2 Å². The van der Waals surface area contributed by atoms with E-state index in [9.17, 15) is 23.5 Å². The summed E-state index contributed by atoms with van der Waals surface area (Å²) in [6.07, 6.45) is 0.354. The van der Waals surface area contributed by atoms with Gasteiger partial charge in [-0.1, -0.05) is 11.6 Å². The van der Waals surface area contributed by atoms with Gasteiger partial charge in [0.2, 0.25) is 0 Å². The Kier molecular flexibility index (Phi) is 5.48. The highest BCUT2D eigenvalue weighted by molar-refractivity contribution is 6.30. The molecule has 0 saturated carbocycles. The minimum Gasteiger partial charge on any atom is -0.481 e. The molecule has 1 atom stereocenters. The van der Waals surface area contributed by atoms with E-state index in [1.807, 2.05) is 0 Å². The van der Waals surface area contributed by atoms with Gasteiger partial charge >= 0.3 is 18.6 Å². The molecule has 24 heavy (non-hydrogen) atoms. The molecule has 1 saturated heterocycles. The molecule has 2 N–H and O–H groups in total. The first-order chi connectivity index (χ1) is 11.2. The molecule has 2 rings (SSSR count). The third-order valence-corrected chi connectivity index (χ3v) is 4.18. The van der Waals surface area contributed by atoms with Crippen LogP contribution in [0.5, 0.6) is 5.75 Å². The van der Waals surface area contributed by atoms with Gasteiger partial charge in [0.05, 0.1) is 5.41 Å². The van der Waals surface area contributed by atoms with Gasteiger partial charge in [0.1, 0.15) is 5.75 Å². The first-order valence-electron chi connectivity index (χ1n) is 7.21. The number of hydrogen-bond acceptors (Lipinski definition) is 3. The molecule has 1 aliphatic heterocycles. The number of carbonyl (C=O) groups excluding carboxylic acids is 1. The molecule has 1 aliphatic rings. The number of benzene rings is 1. The molecule has 0 radical (unpaired) electrons.